The summed E-state index contributed by atoms with van der Waals surface area (Å²) in [6, 6.07) is 10.6. The first-order valence-corrected chi connectivity index (χ1v) is 9.35. The lowest BCUT2D eigenvalue weighted by Crippen LogP contribution is -2.14. The summed E-state index contributed by atoms with van der Waals surface area (Å²) >= 11 is 4.86. The van der Waals surface area contributed by atoms with Crippen molar-refractivity contribution in [3.63, 3.8) is 0 Å². The van der Waals surface area contributed by atoms with Crippen molar-refractivity contribution in [3.05, 3.63) is 58.1 Å². The molecule has 0 radical (unpaired) electrons. The van der Waals surface area contributed by atoms with E-state index in [0.29, 0.717) is 0 Å². The van der Waals surface area contributed by atoms with Crippen LogP contribution in [-0.4, -0.2) is 6.21 Å². The summed E-state index contributed by atoms with van der Waals surface area (Å²) in [5.74, 6) is 0. The molecule has 0 saturated carbocycles. The molecular formula is C23H31NS. The Hall–Kier alpha value is -1.54. The second-order valence-electron chi connectivity index (χ2n) is 8.90. The molecule has 0 bridgehead atoms. The highest BCUT2D eigenvalue weighted by atomic mass is 32.1. The standard InChI is InChI=1S/C23H31NS/c1-15-13-19(23(6,7)8)21(25)17(16(15)2)14-24-20-12-10-9-11-18(20)22(3,4)5/h9-14,25H,1-8H3. The van der Waals surface area contributed by atoms with E-state index in [9.17, 15) is 0 Å². The zero-order valence-corrected chi connectivity index (χ0v) is 17.8. The average Bonchev–Trinajstić information content (AvgIpc) is 2.49. The van der Waals surface area contributed by atoms with Gasteiger partial charge in [-0.25, -0.2) is 0 Å². The summed E-state index contributed by atoms with van der Waals surface area (Å²) in [5, 5.41) is 0. The van der Waals surface area contributed by atoms with Crippen LogP contribution in [0.4, 0.5) is 5.69 Å². The van der Waals surface area contributed by atoms with Crippen molar-refractivity contribution < 1.29 is 0 Å². The molecule has 0 aliphatic rings. The van der Waals surface area contributed by atoms with E-state index in [1.165, 1.54) is 22.3 Å². The van der Waals surface area contributed by atoms with Crippen LogP contribution in [0.2, 0.25) is 0 Å². The number of hydrogen-bond donors (Lipinski definition) is 1. The minimum absolute atomic E-state index is 0.0570. The molecule has 2 aromatic rings. The number of nitrogens with zero attached hydrogens (tertiary/aromatic N) is 1. The van der Waals surface area contributed by atoms with Gasteiger partial charge in [-0.15, -0.1) is 12.6 Å². The number of hydrogen-bond acceptors (Lipinski definition) is 2. The number of aliphatic imine (C=N–C) groups is 1. The Bertz CT molecular complexity index is 802. The maximum absolute atomic E-state index is 4.86. The van der Waals surface area contributed by atoms with Gasteiger partial charge in [0.2, 0.25) is 0 Å². The Morgan fingerprint density at radius 1 is 0.880 bits per heavy atom. The van der Waals surface area contributed by atoms with Crippen molar-refractivity contribution in [2.45, 2.75) is 71.1 Å². The van der Waals surface area contributed by atoms with Crippen molar-refractivity contribution in [1.82, 2.24) is 0 Å². The van der Waals surface area contributed by atoms with Crippen LogP contribution >= 0.6 is 12.6 Å². The third kappa shape index (κ3) is 4.36. The van der Waals surface area contributed by atoms with Crippen molar-refractivity contribution >= 4 is 24.5 Å². The van der Waals surface area contributed by atoms with E-state index in [-0.39, 0.29) is 10.8 Å². The molecule has 0 unspecified atom stereocenters. The molecule has 0 spiro atoms. The van der Waals surface area contributed by atoms with Crippen LogP contribution in [-0.2, 0) is 10.8 Å². The van der Waals surface area contributed by atoms with Crippen LogP contribution in [0.15, 0.2) is 40.2 Å². The van der Waals surface area contributed by atoms with E-state index < -0.39 is 0 Å². The number of para-hydroxylation sites is 1. The molecule has 0 N–H and O–H groups in total. The monoisotopic (exact) mass is 353 g/mol. The molecule has 0 heterocycles. The summed E-state index contributed by atoms with van der Waals surface area (Å²) in [6.45, 7) is 17.7. The van der Waals surface area contributed by atoms with Crippen molar-refractivity contribution in [1.29, 1.82) is 0 Å². The van der Waals surface area contributed by atoms with Gasteiger partial charge in [-0.1, -0.05) is 65.8 Å². The summed E-state index contributed by atoms with van der Waals surface area (Å²) < 4.78 is 0. The molecular weight excluding hydrogens is 322 g/mol. The molecule has 0 aromatic heterocycles. The van der Waals surface area contributed by atoms with E-state index in [1.807, 2.05) is 12.3 Å². The summed E-state index contributed by atoms with van der Waals surface area (Å²) in [7, 11) is 0. The third-order valence-electron chi connectivity index (χ3n) is 4.72. The summed E-state index contributed by atoms with van der Waals surface area (Å²) in [6.07, 6.45) is 1.99. The van der Waals surface area contributed by atoms with Gasteiger partial charge in [-0.3, -0.25) is 4.99 Å². The molecule has 0 aliphatic carbocycles. The summed E-state index contributed by atoms with van der Waals surface area (Å²) in [4.78, 5) is 5.89. The highest BCUT2D eigenvalue weighted by Crippen LogP contribution is 2.35. The number of thiol groups is 1. The van der Waals surface area contributed by atoms with E-state index >= 15 is 0 Å². The largest absolute Gasteiger partial charge is 0.256 e. The van der Waals surface area contributed by atoms with Crippen LogP contribution in [0, 0.1) is 13.8 Å². The van der Waals surface area contributed by atoms with Gasteiger partial charge in [-0.2, -0.15) is 0 Å². The zero-order chi connectivity index (χ0) is 19.0. The van der Waals surface area contributed by atoms with Crippen LogP contribution < -0.4 is 0 Å². The first-order valence-electron chi connectivity index (χ1n) is 8.90. The molecule has 2 aromatic carbocycles. The molecule has 0 atom stereocenters. The molecule has 0 aliphatic heterocycles. The van der Waals surface area contributed by atoms with Gasteiger partial charge in [0.25, 0.3) is 0 Å². The topological polar surface area (TPSA) is 12.4 Å². The van der Waals surface area contributed by atoms with Crippen molar-refractivity contribution in [2.75, 3.05) is 0 Å². The first-order chi connectivity index (χ1) is 11.4. The van der Waals surface area contributed by atoms with Gasteiger partial charge in [0, 0.05) is 16.7 Å². The predicted molar refractivity (Wildman–Crippen MR) is 114 cm³/mol. The van der Waals surface area contributed by atoms with E-state index in [0.717, 1.165) is 16.1 Å². The van der Waals surface area contributed by atoms with E-state index in [2.05, 4.69) is 79.7 Å². The summed E-state index contributed by atoms with van der Waals surface area (Å²) in [5.41, 5.74) is 7.33. The fourth-order valence-electron chi connectivity index (χ4n) is 3.01. The van der Waals surface area contributed by atoms with Crippen LogP contribution in [0.25, 0.3) is 0 Å². The normalized spacial score (nSPS) is 12.8. The highest BCUT2D eigenvalue weighted by molar-refractivity contribution is 7.80. The average molecular weight is 354 g/mol. The lowest BCUT2D eigenvalue weighted by atomic mass is 9.83. The molecule has 0 fully saturated rings. The fourth-order valence-corrected chi connectivity index (χ4v) is 3.64. The smallest absolute Gasteiger partial charge is 0.0667 e. The van der Waals surface area contributed by atoms with Gasteiger partial charge in [0.15, 0.2) is 0 Å². The highest BCUT2D eigenvalue weighted by Gasteiger charge is 2.21. The second-order valence-corrected chi connectivity index (χ2v) is 9.35. The van der Waals surface area contributed by atoms with Crippen LogP contribution in [0.1, 0.15) is 69.4 Å². The van der Waals surface area contributed by atoms with Gasteiger partial charge in [0.1, 0.15) is 0 Å². The van der Waals surface area contributed by atoms with Gasteiger partial charge >= 0.3 is 0 Å². The molecule has 2 rings (SSSR count). The molecule has 1 nitrogen and oxygen atoms in total. The second kappa shape index (κ2) is 6.99. The maximum Gasteiger partial charge on any atom is 0.0667 e. The van der Waals surface area contributed by atoms with E-state index in [1.54, 1.807) is 0 Å². The quantitative estimate of drug-likeness (QED) is 0.443. The Balaban J connectivity index is 2.59. The number of rotatable bonds is 2. The van der Waals surface area contributed by atoms with E-state index in [4.69, 9.17) is 17.6 Å². The van der Waals surface area contributed by atoms with Gasteiger partial charge in [-0.05, 0) is 53.0 Å². The van der Waals surface area contributed by atoms with Gasteiger partial charge < -0.3 is 0 Å². The van der Waals surface area contributed by atoms with Gasteiger partial charge in [0.05, 0.1) is 5.69 Å². The number of benzene rings is 2. The first kappa shape index (κ1) is 19.8. The molecule has 25 heavy (non-hydrogen) atoms. The number of aryl methyl sites for hydroxylation is 1. The SMILES string of the molecule is Cc1cc(C(C)(C)C)c(S)c(C=Nc2ccccc2C(C)(C)C)c1C. The Kier molecular flexibility index (Phi) is 5.53. The van der Waals surface area contributed by atoms with Crippen molar-refractivity contribution in [2.24, 2.45) is 4.99 Å². The minimum Gasteiger partial charge on any atom is -0.256 e. The maximum atomic E-state index is 4.86. The lowest BCUT2D eigenvalue weighted by molar-refractivity contribution is 0.577. The lowest BCUT2D eigenvalue weighted by Gasteiger charge is -2.24. The molecule has 134 valence electrons. The third-order valence-corrected chi connectivity index (χ3v) is 5.20. The van der Waals surface area contributed by atoms with Crippen LogP contribution in [0.5, 0.6) is 0 Å². The van der Waals surface area contributed by atoms with Crippen LogP contribution in [0.3, 0.4) is 0 Å². The van der Waals surface area contributed by atoms with Crippen molar-refractivity contribution in [3.8, 4) is 0 Å². The Labute approximate surface area is 159 Å². The molecule has 2 heteroatoms. The fraction of sp³-hybridized carbons (Fsp3) is 0.435. The molecule has 0 saturated heterocycles. The Morgan fingerprint density at radius 3 is 2.00 bits per heavy atom. The predicted octanol–water partition coefficient (Wildman–Crippen LogP) is 6.94. The molecule has 0 amide bonds. The zero-order valence-electron chi connectivity index (χ0n) is 16.9. The Morgan fingerprint density at radius 2 is 1.44 bits per heavy atom. The minimum atomic E-state index is 0.0570.